The van der Waals surface area contributed by atoms with Gasteiger partial charge in [0.25, 0.3) is 0 Å². The first-order valence-electron chi connectivity index (χ1n) is 9.64. The van der Waals surface area contributed by atoms with Crippen LogP contribution in [0, 0.1) is 5.92 Å². The number of hydrogen-bond donors (Lipinski definition) is 1. The molecule has 0 atom stereocenters. The number of nitrogens with one attached hydrogen (secondary N) is 1. The van der Waals surface area contributed by atoms with E-state index in [-0.39, 0.29) is 17.8 Å². The molecule has 0 aromatic carbocycles. The number of piperazine rings is 1. The van der Waals surface area contributed by atoms with Crippen molar-refractivity contribution in [3.05, 3.63) is 0 Å². The van der Waals surface area contributed by atoms with Crippen LogP contribution in [0.4, 0.5) is 0 Å². The fourth-order valence-electron chi connectivity index (χ4n) is 3.50. The Hall–Kier alpha value is -1.83. The highest BCUT2D eigenvalue weighted by Gasteiger charge is 2.27. The summed E-state index contributed by atoms with van der Waals surface area (Å²) in [5.74, 6) is 0.999. The summed E-state index contributed by atoms with van der Waals surface area (Å²) in [6, 6.07) is 0. The number of ether oxygens (including phenoxy) is 1. The topological polar surface area (TPSA) is 77.5 Å². The van der Waals surface area contributed by atoms with Crippen molar-refractivity contribution in [2.75, 3.05) is 66.0 Å². The number of rotatable bonds is 5. The van der Waals surface area contributed by atoms with Crippen LogP contribution in [0.15, 0.2) is 4.99 Å². The Morgan fingerprint density at radius 3 is 2.27 bits per heavy atom. The van der Waals surface area contributed by atoms with Crippen LogP contribution in [0.5, 0.6) is 0 Å². The molecule has 0 spiro atoms. The van der Waals surface area contributed by atoms with E-state index in [4.69, 9.17) is 9.73 Å². The maximum absolute atomic E-state index is 11.7. The van der Waals surface area contributed by atoms with Crippen LogP contribution in [-0.2, 0) is 14.3 Å². The molecule has 0 aromatic rings. The van der Waals surface area contributed by atoms with Gasteiger partial charge in [-0.2, -0.15) is 0 Å². The summed E-state index contributed by atoms with van der Waals surface area (Å²) in [4.78, 5) is 34.3. The predicted octanol–water partition coefficient (Wildman–Crippen LogP) is 0.00100. The van der Waals surface area contributed by atoms with Gasteiger partial charge in [0.15, 0.2) is 5.96 Å². The zero-order valence-electron chi connectivity index (χ0n) is 16.4. The zero-order valence-corrected chi connectivity index (χ0v) is 16.4. The SMILES string of the molecule is CCNC(=NCCN1CCN(C(C)=O)CC1)N1CCC(C(=O)OC)CC1. The molecule has 0 bridgehead atoms. The van der Waals surface area contributed by atoms with Gasteiger partial charge in [-0.05, 0) is 19.8 Å². The number of methoxy groups -OCH3 is 1. The highest BCUT2D eigenvalue weighted by Crippen LogP contribution is 2.18. The molecule has 2 fully saturated rings. The summed E-state index contributed by atoms with van der Waals surface area (Å²) >= 11 is 0. The summed E-state index contributed by atoms with van der Waals surface area (Å²) in [5, 5.41) is 3.36. The molecule has 0 aliphatic carbocycles. The van der Waals surface area contributed by atoms with Gasteiger partial charge in [-0.25, -0.2) is 0 Å². The summed E-state index contributed by atoms with van der Waals surface area (Å²) in [5.41, 5.74) is 0. The maximum Gasteiger partial charge on any atom is 0.308 e. The van der Waals surface area contributed by atoms with E-state index in [1.165, 1.54) is 7.11 Å². The second-order valence-corrected chi connectivity index (χ2v) is 6.87. The summed E-state index contributed by atoms with van der Waals surface area (Å²) < 4.78 is 4.85. The van der Waals surface area contributed by atoms with Crippen LogP contribution >= 0.6 is 0 Å². The van der Waals surface area contributed by atoms with Gasteiger partial charge in [-0.15, -0.1) is 0 Å². The van der Waals surface area contributed by atoms with E-state index in [0.29, 0.717) is 0 Å². The number of amides is 1. The van der Waals surface area contributed by atoms with Crippen LogP contribution in [0.2, 0.25) is 0 Å². The van der Waals surface area contributed by atoms with Crippen molar-refractivity contribution in [2.24, 2.45) is 10.9 Å². The predicted molar refractivity (Wildman–Crippen MR) is 101 cm³/mol. The van der Waals surface area contributed by atoms with Crippen molar-refractivity contribution in [1.29, 1.82) is 0 Å². The lowest BCUT2D eigenvalue weighted by molar-refractivity contribution is -0.146. The monoisotopic (exact) mass is 367 g/mol. The molecule has 2 aliphatic rings. The lowest BCUT2D eigenvalue weighted by Gasteiger charge is -2.34. The third-order valence-electron chi connectivity index (χ3n) is 5.16. The van der Waals surface area contributed by atoms with Crippen LogP contribution in [0.1, 0.15) is 26.7 Å². The van der Waals surface area contributed by atoms with Gasteiger partial charge in [0.05, 0.1) is 19.6 Å². The minimum Gasteiger partial charge on any atom is -0.469 e. The third kappa shape index (κ3) is 5.86. The molecule has 2 rings (SSSR count). The Labute approximate surface area is 156 Å². The Bertz CT molecular complexity index is 495. The van der Waals surface area contributed by atoms with Crippen molar-refractivity contribution in [3.8, 4) is 0 Å². The van der Waals surface area contributed by atoms with Gasteiger partial charge < -0.3 is 19.9 Å². The summed E-state index contributed by atoms with van der Waals surface area (Å²) in [6.45, 7) is 11.2. The van der Waals surface area contributed by atoms with Crippen LogP contribution in [-0.4, -0.2) is 98.5 Å². The second kappa shape index (κ2) is 10.4. The molecule has 8 heteroatoms. The summed E-state index contributed by atoms with van der Waals surface area (Å²) in [6.07, 6.45) is 1.62. The van der Waals surface area contributed by atoms with Gasteiger partial charge in [0.2, 0.25) is 5.91 Å². The number of nitrogens with zero attached hydrogens (tertiary/aromatic N) is 4. The number of piperidine rings is 1. The van der Waals surface area contributed by atoms with E-state index in [9.17, 15) is 9.59 Å². The number of guanidine groups is 1. The van der Waals surface area contributed by atoms with Crippen LogP contribution in [0.25, 0.3) is 0 Å². The molecule has 1 N–H and O–H groups in total. The van der Waals surface area contributed by atoms with E-state index < -0.39 is 0 Å². The molecular formula is C18H33N5O3. The fourth-order valence-corrected chi connectivity index (χ4v) is 3.50. The number of esters is 1. The van der Waals surface area contributed by atoms with Gasteiger partial charge in [-0.1, -0.05) is 0 Å². The molecule has 26 heavy (non-hydrogen) atoms. The quantitative estimate of drug-likeness (QED) is 0.419. The maximum atomic E-state index is 11.7. The lowest BCUT2D eigenvalue weighted by Crippen LogP contribution is -2.49. The van der Waals surface area contributed by atoms with E-state index in [1.807, 2.05) is 4.90 Å². The normalized spacial score (nSPS) is 20.2. The molecule has 8 nitrogen and oxygen atoms in total. The van der Waals surface area contributed by atoms with E-state index in [0.717, 1.165) is 77.7 Å². The smallest absolute Gasteiger partial charge is 0.308 e. The number of carbonyl (C=O) groups is 2. The van der Waals surface area contributed by atoms with Gasteiger partial charge in [0.1, 0.15) is 0 Å². The number of likely N-dealkylation sites (tertiary alicyclic amines) is 1. The van der Waals surface area contributed by atoms with Crippen LogP contribution in [0.3, 0.4) is 0 Å². The second-order valence-electron chi connectivity index (χ2n) is 6.87. The van der Waals surface area contributed by atoms with Gasteiger partial charge in [0, 0.05) is 59.3 Å². The van der Waals surface area contributed by atoms with Crippen molar-refractivity contribution < 1.29 is 14.3 Å². The largest absolute Gasteiger partial charge is 0.469 e. The standard InChI is InChI=1S/C18H33N5O3/c1-4-19-18(23-8-5-16(6-9-23)17(25)26-3)20-7-10-21-11-13-22(14-12-21)15(2)24/h16H,4-14H2,1-3H3,(H,19,20). The average molecular weight is 367 g/mol. The zero-order chi connectivity index (χ0) is 18.9. The molecule has 0 unspecified atom stereocenters. The minimum absolute atomic E-state index is 0.0108. The molecule has 148 valence electrons. The van der Waals surface area contributed by atoms with E-state index >= 15 is 0 Å². The van der Waals surface area contributed by atoms with Gasteiger partial charge in [-0.3, -0.25) is 19.5 Å². The number of carbonyl (C=O) groups excluding carboxylic acids is 2. The fraction of sp³-hybridized carbons (Fsp3) is 0.833. The minimum atomic E-state index is -0.101. The van der Waals surface area contributed by atoms with Crippen molar-refractivity contribution >= 4 is 17.8 Å². The van der Waals surface area contributed by atoms with Crippen molar-refractivity contribution in [1.82, 2.24) is 20.0 Å². The number of hydrogen-bond acceptors (Lipinski definition) is 5. The average Bonchev–Trinajstić information content (AvgIpc) is 2.67. The Morgan fingerprint density at radius 1 is 1.08 bits per heavy atom. The lowest BCUT2D eigenvalue weighted by atomic mass is 9.97. The van der Waals surface area contributed by atoms with Crippen molar-refractivity contribution in [3.63, 3.8) is 0 Å². The Balaban J connectivity index is 1.78. The Morgan fingerprint density at radius 2 is 1.73 bits per heavy atom. The molecule has 1 amide bonds. The highest BCUT2D eigenvalue weighted by molar-refractivity contribution is 5.80. The summed E-state index contributed by atoms with van der Waals surface area (Å²) in [7, 11) is 1.45. The Kier molecular flexibility index (Phi) is 8.15. The van der Waals surface area contributed by atoms with Gasteiger partial charge >= 0.3 is 5.97 Å². The molecule has 2 aliphatic heterocycles. The first-order chi connectivity index (χ1) is 12.5. The molecule has 2 saturated heterocycles. The van der Waals surface area contributed by atoms with E-state index in [2.05, 4.69) is 22.0 Å². The van der Waals surface area contributed by atoms with E-state index in [1.54, 1.807) is 6.92 Å². The molecule has 0 radical (unpaired) electrons. The first-order valence-corrected chi connectivity index (χ1v) is 9.64. The molecular weight excluding hydrogens is 334 g/mol. The van der Waals surface area contributed by atoms with Crippen molar-refractivity contribution in [2.45, 2.75) is 26.7 Å². The van der Waals surface area contributed by atoms with Crippen LogP contribution < -0.4 is 5.32 Å². The third-order valence-corrected chi connectivity index (χ3v) is 5.16. The molecule has 0 aromatic heterocycles. The highest BCUT2D eigenvalue weighted by atomic mass is 16.5. The number of aliphatic imine (C=N–C) groups is 1. The first kappa shape index (κ1) is 20.5. The molecule has 0 saturated carbocycles. The molecule has 2 heterocycles.